The van der Waals surface area contributed by atoms with E-state index in [0.717, 1.165) is 12.1 Å². The zero-order valence-corrected chi connectivity index (χ0v) is 19.2. The predicted octanol–water partition coefficient (Wildman–Crippen LogP) is 3.00. The first-order chi connectivity index (χ1) is 16.3. The molecule has 3 aromatic rings. The van der Waals surface area contributed by atoms with Gasteiger partial charge in [-0.2, -0.15) is 4.31 Å². The molecule has 0 atom stereocenters. The van der Waals surface area contributed by atoms with Crippen molar-refractivity contribution in [2.45, 2.75) is 4.90 Å². The van der Waals surface area contributed by atoms with Crippen LogP contribution in [0.4, 0.5) is 10.1 Å². The zero-order chi connectivity index (χ0) is 24.1. The van der Waals surface area contributed by atoms with Crippen LogP contribution in [0.2, 0.25) is 0 Å². The number of nitrogens with zero attached hydrogens (tertiary/aromatic N) is 2. The number of carbonyl (C=O) groups is 2. The van der Waals surface area contributed by atoms with Crippen LogP contribution in [0.1, 0.15) is 15.9 Å². The molecule has 1 fully saturated rings. The minimum atomic E-state index is -3.72. The first kappa shape index (κ1) is 23.7. The highest BCUT2D eigenvalue weighted by atomic mass is 32.2. The number of piperazine rings is 1. The third kappa shape index (κ3) is 5.39. The van der Waals surface area contributed by atoms with E-state index in [1.165, 1.54) is 16.4 Å². The SMILES string of the molecule is O=C(CN1CCN(S(=O)(=O)c2ccc(F)cc2)CC1)Nc1ccccc1C(=O)c1ccccc1. The van der Waals surface area contributed by atoms with Crippen LogP contribution in [-0.4, -0.2) is 62.0 Å². The molecular weight excluding hydrogens is 457 g/mol. The number of ketones is 1. The van der Waals surface area contributed by atoms with E-state index in [-0.39, 0.29) is 36.2 Å². The lowest BCUT2D eigenvalue weighted by Crippen LogP contribution is -2.50. The Balaban J connectivity index is 1.36. The molecule has 1 aliphatic heterocycles. The summed E-state index contributed by atoms with van der Waals surface area (Å²) in [6.45, 7) is 1.25. The summed E-state index contributed by atoms with van der Waals surface area (Å²) in [7, 11) is -3.72. The first-order valence-corrected chi connectivity index (χ1v) is 12.3. The maximum absolute atomic E-state index is 13.1. The molecule has 1 heterocycles. The van der Waals surface area contributed by atoms with E-state index >= 15 is 0 Å². The normalized spacial score (nSPS) is 15.1. The van der Waals surface area contributed by atoms with Crippen molar-refractivity contribution in [3.05, 3.63) is 95.8 Å². The number of amides is 1. The Morgan fingerprint density at radius 2 is 1.44 bits per heavy atom. The number of benzene rings is 3. The summed E-state index contributed by atoms with van der Waals surface area (Å²) in [5, 5.41) is 2.81. The summed E-state index contributed by atoms with van der Waals surface area (Å²) in [5.74, 6) is -0.971. The summed E-state index contributed by atoms with van der Waals surface area (Å²) in [4.78, 5) is 27.4. The van der Waals surface area contributed by atoms with Gasteiger partial charge in [0.05, 0.1) is 17.1 Å². The first-order valence-electron chi connectivity index (χ1n) is 10.8. The van der Waals surface area contributed by atoms with Crippen molar-refractivity contribution < 1.29 is 22.4 Å². The Labute approximate surface area is 197 Å². The number of sulfonamides is 1. The summed E-state index contributed by atoms with van der Waals surface area (Å²) >= 11 is 0. The number of carbonyl (C=O) groups excluding carboxylic acids is 2. The standard InChI is InChI=1S/C25H24FN3O4S/c26-20-10-12-21(13-11-20)34(32,33)29-16-14-28(15-17-29)18-24(30)27-23-9-5-4-8-22(23)25(31)19-6-2-1-3-7-19/h1-13H,14-18H2,(H,27,30). The van der Waals surface area contributed by atoms with Gasteiger partial charge < -0.3 is 5.32 Å². The van der Waals surface area contributed by atoms with Gasteiger partial charge in [0.1, 0.15) is 5.82 Å². The molecule has 176 valence electrons. The van der Waals surface area contributed by atoms with E-state index in [9.17, 15) is 22.4 Å². The molecule has 0 saturated carbocycles. The number of hydrogen-bond acceptors (Lipinski definition) is 5. The molecule has 1 saturated heterocycles. The van der Waals surface area contributed by atoms with Crippen LogP contribution in [0, 0.1) is 5.82 Å². The summed E-state index contributed by atoms with van der Waals surface area (Å²) in [6.07, 6.45) is 0. The number of halogens is 1. The van der Waals surface area contributed by atoms with Crippen molar-refractivity contribution in [1.82, 2.24) is 9.21 Å². The Morgan fingerprint density at radius 1 is 0.824 bits per heavy atom. The number of anilines is 1. The Bertz CT molecular complexity index is 1270. The quantitative estimate of drug-likeness (QED) is 0.525. The molecule has 7 nitrogen and oxygen atoms in total. The summed E-state index contributed by atoms with van der Waals surface area (Å²) in [5.41, 5.74) is 1.36. The molecule has 0 spiro atoms. The number of nitrogens with one attached hydrogen (secondary N) is 1. The molecular formula is C25H24FN3O4S. The van der Waals surface area contributed by atoms with Gasteiger partial charge >= 0.3 is 0 Å². The maximum atomic E-state index is 13.1. The van der Waals surface area contributed by atoms with Crippen molar-refractivity contribution in [3.8, 4) is 0 Å². The molecule has 4 rings (SSSR count). The minimum absolute atomic E-state index is 0.0415. The molecule has 0 aliphatic carbocycles. The Hall–Kier alpha value is -3.40. The number of hydrogen-bond donors (Lipinski definition) is 1. The highest BCUT2D eigenvalue weighted by Gasteiger charge is 2.29. The van der Waals surface area contributed by atoms with Gasteiger partial charge in [0.15, 0.2) is 5.78 Å². The van der Waals surface area contributed by atoms with Gasteiger partial charge in [0.25, 0.3) is 0 Å². The fourth-order valence-electron chi connectivity index (χ4n) is 3.81. The van der Waals surface area contributed by atoms with E-state index in [0.29, 0.717) is 29.9 Å². The van der Waals surface area contributed by atoms with Crippen LogP contribution < -0.4 is 5.32 Å². The minimum Gasteiger partial charge on any atom is -0.324 e. The van der Waals surface area contributed by atoms with Crippen LogP contribution in [0.5, 0.6) is 0 Å². The monoisotopic (exact) mass is 481 g/mol. The molecule has 0 unspecified atom stereocenters. The lowest BCUT2D eigenvalue weighted by Gasteiger charge is -2.33. The Morgan fingerprint density at radius 3 is 2.12 bits per heavy atom. The van der Waals surface area contributed by atoms with E-state index in [1.807, 2.05) is 11.0 Å². The highest BCUT2D eigenvalue weighted by molar-refractivity contribution is 7.89. The largest absolute Gasteiger partial charge is 0.324 e. The topological polar surface area (TPSA) is 86.8 Å². The van der Waals surface area contributed by atoms with Gasteiger partial charge in [-0.05, 0) is 36.4 Å². The van der Waals surface area contributed by atoms with E-state index < -0.39 is 15.8 Å². The zero-order valence-electron chi connectivity index (χ0n) is 18.4. The molecule has 34 heavy (non-hydrogen) atoms. The van der Waals surface area contributed by atoms with Crippen LogP contribution >= 0.6 is 0 Å². The van der Waals surface area contributed by atoms with E-state index in [2.05, 4.69) is 5.32 Å². The van der Waals surface area contributed by atoms with Gasteiger partial charge in [0, 0.05) is 37.3 Å². The highest BCUT2D eigenvalue weighted by Crippen LogP contribution is 2.20. The molecule has 1 amide bonds. The number of rotatable bonds is 7. The summed E-state index contributed by atoms with van der Waals surface area (Å²) in [6, 6.07) is 20.4. The van der Waals surface area contributed by atoms with Gasteiger partial charge in [-0.3, -0.25) is 14.5 Å². The fourth-order valence-corrected chi connectivity index (χ4v) is 5.23. The molecule has 3 aromatic carbocycles. The third-order valence-electron chi connectivity index (χ3n) is 5.63. The number of para-hydroxylation sites is 1. The van der Waals surface area contributed by atoms with Gasteiger partial charge in [-0.25, -0.2) is 12.8 Å². The van der Waals surface area contributed by atoms with Crippen molar-refractivity contribution >= 4 is 27.4 Å². The second-order valence-electron chi connectivity index (χ2n) is 7.92. The van der Waals surface area contributed by atoms with Crippen LogP contribution in [-0.2, 0) is 14.8 Å². The van der Waals surface area contributed by atoms with Gasteiger partial charge in [-0.1, -0.05) is 42.5 Å². The lowest BCUT2D eigenvalue weighted by atomic mass is 10.0. The van der Waals surface area contributed by atoms with Crippen molar-refractivity contribution in [3.63, 3.8) is 0 Å². The van der Waals surface area contributed by atoms with Crippen molar-refractivity contribution in [2.24, 2.45) is 0 Å². The summed E-state index contributed by atoms with van der Waals surface area (Å²) < 4.78 is 40.0. The maximum Gasteiger partial charge on any atom is 0.243 e. The third-order valence-corrected chi connectivity index (χ3v) is 7.54. The molecule has 0 aromatic heterocycles. The van der Waals surface area contributed by atoms with Crippen molar-refractivity contribution in [1.29, 1.82) is 0 Å². The average Bonchev–Trinajstić information content (AvgIpc) is 2.85. The van der Waals surface area contributed by atoms with Gasteiger partial charge in [-0.15, -0.1) is 0 Å². The van der Waals surface area contributed by atoms with Crippen LogP contribution in [0.3, 0.4) is 0 Å². The molecule has 1 N–H and O–H groups in total. The van der Waals surface area contributed by atoms with Crippen molar-refractivity contribution in [2.75, 3.05) is 38.0 Å². The lowest BCUT2D eigenvalue weighted by molar-refractivity contribution is -0.117. The van der Waals surface area contributed by atoms with Crippen LogP contribution in [0.15, 0.2) is 83.8 Å². The molecule has 9 heteroatoms. The second-order valence-corrected chi connectivity index (χ2v) is 9.86. The van der Waals surface area contributed by atoms with Crippen LogP contribution in [0.25, 0.3) is 0 Å². The van der Waals surface area contributed by atoms with Gasteiger partial charge in [0.2, 0.25) is 15.9 Å². The smallest absolute Gasteiger partial charge is 0.243 e. The predicted molar refractivity (Wildman–Crippen MR) is 127 cm³/mol. The van der Waals surface area contributed by atoms with E-state index in [4.69, 9.17) is 0 Å². The fraction of sp³-hybridized carbons (Fsp3) is 0.200. The Kier molecular flexibility index (Phi) is 7.16. The van der Waals surface area contributed by atoms with E-state index in [1.54, 1.807) is 48.5 Å². The molecule has 0 radical (unpaired) electrons. The second kappa shape index (κ2) is 10.3. The average molecular weight is 482 g/mol. The molecule has 0 bridgehead atoms. The molecule has 1 aliphatic rings.